The van der Waals surface area contributed by atoms with Gasteiger partial charge in [-0.1, -0.05) is 25.7 Å². The number of carboxylic acid groups (broad SMARTS) is 2. The molecule has 6 unspecified atom stereocenters. The third-order valence-corrected chi connectivity index (χ3v) is 12.1. The molecule has 6 atom stereocenters. The molecule has 0 aliphatic heterocycles. The highest BCUT2D eigenvalue weighted by Crippen LogP contribution is 2.41. The maximum absolute atomic E-state index is 13.0. The van der Waals surface area contributed by atoms with E-state index in [1.807, 2.05) is 0 Å². The fourth-order valence-electron chi connectivity index (χ4n) is 9.24. The standard InChI is InChI=1S/C38H58O11/c1-2-44-32-17-19-34(37(41)42)35(23-32)38(43)48-29-12-8-25(9-13-29)26-10-14-30(15-11-26)49-47-24-27-22-31(16-18-33(27)36(39)40)46-21-20-45-28-6-4-3-5-7-28/h1,25-35H,3-24H2,(H,39,40)(H,41,42). The highest BCUT2D eigenvalue weighted by Gasteiger charge is 2.43. The Morgan fingerprint density at radius 1 is 0.592 bits per heavy atom. The van der Waals surface area contributed by atoms with Crippen LogP contribution in [0.2, 0.25) is 0 Å². The minimum atomic E-state index is -0.974. The van der Waals surface area contributed by atoms with Crippen LogP contribution in [0.15, 0.2) is 0 Å². The number of hydrogen-bond acceptors (Lipinski definition) is 9. The molecule has 5 aliphatic carbocycles. The van der Waals surface area contributed by atoms with Gasteiger partial charge in [-0.2, -0.15) is 0 Å². The van der Waals surface area contributed by atoms with Gasteiger partial charge in [0.2, 0.25) is 0 Å². The summed E-state index contributed by atoms with van der Waals surface area (Å²) in [7, 11) is 0. The maximum atomic E-state index is 13.0. The van der Waals surface area contributed by atoms with Crippen LogP contribution in [0, 0.1) is 48.0 Å². The average molecular weight is 691 g/mol. The van der Waals surface area contributed by atoms with E-state index in [4.69, 9.17) is 35.1 Å². The van der Waals surface area contributed by atoms with Crippen molar-refractivity contribution >= 4 is 17.9 Å². The summed E-state index contributed by atoms with van der Waals surface area (Å²) in [4.78, 5) is 48.4. The molecule has 11 nitrogen and oxygen atoms in total. The van der Waals surface area contributed by atoms with Crippen LogP contribution in [0.5, 0.6) is 0 Å². The number of terminal acetylenes is 1. The largest absolute Gasteiger partial charge is 0.481 e. The van der Waals surface area contributed by atoms with E-state index in [9.17, 15) is 24.6 Å². The lowest BCUT2D eigenvalue weighted by Gasteiger charge is -2.38. The lowest BCUT2D eigenvalue weighted by atomic mass is 9.72. The fraction of sp³-hybridized carbons (Fsp3) is 0.868. The van der Waals surface area contributed by atoms with Gasteiger partial charge < -0.3 is 29.2 Å². The van der Waals surface area contributed by atoms with Gasteiger partial charge in [0.25, 0.3) is 0 Å². The Kier molecular flexibility index (Phi) is 14.9. The molecule has 5 saturated carbocycles. The van der Waals surface area contributed by atoms with Crippen LogP contribution in [0.25, 0.3) is 0 Å². The summed E-state index contributed by atoms with van der Waals surface area (Å²) in [5.41, 5.74) is 0. The van der Waals surface area contributed by atoms with Crippen molar-refractivity contribution in [2.45, 2.75) is 153 Å². The summed E-state index contributed by atoms with van der Waals surface area (Å²) in [6, 6.07) is 0. The van der Waals surface area contributed by atoms with E-state index in [0.717, 1.165) is 70.6 Å². The second kappa shape index (κ2) is 19.3. The van der Waals surface area contributed by atoms with E-state index >= 15 is 0 Å². The van der Waals surface area contributed by atoms with Crippen molar-refractivity contribution < 1.29 is 53.3 Å². The highest BCUT2D eigenvalue weighted by molar-refractivity contribution is 5.81. The van der Waals surface area contributed by atoms with Crippen molar-refractivity contribution in [3.8, 4) is 12.5 Å². The molecule has 0 amide bonds. The number of ether oxygens (including phenoxy) is 4. The average Bonchev–Trinajstić information content (AvgIpc) is 3.11. The molecule has 49 heavy (non-hydrogen) atoms. The number of carboxylic acids is 2. The van der Waals surface area contributed by atoms with Crippen LogP contribution < -0.4 is 0 Å². The molecule has 0 aromatic rings. The van der Waals surface area contributed by atoms with E-state index < -0.39 is 35.7 Å². The van der Waals surface area contributed by atoms with E-state index in [-0.39, 0.29) is 43.4 Å². The first kappa shape index (κ1) is 37.9. The molecule has 2 N–H and O–H groups in total. The van der Waals surface area contributed by atoms with Crippen LogP contribution in [0.3, 0.4) is 0 Å². The van der Waals surface area contributed by atoms with Crippen molar-refractivity contribution in [1.29, 1.82) is 0 Å². The second-order valence-electron chi connectivity index (χ2n) is 15.3. The molecule has 0 spiro atoms. The first-order valence-corrected chi connectivity index (χ1v) is 19.1. The van der Waals surface area contributed by atoms with E-state index in [2.05, 4.69) is 6.11 Å². The number of carbonyl (C=O) groups is 3. The van der Waals surface area contributed by atoms with E-state index in [1.54, 1.807) is 0 Å². The Morgan fingerprint density at radius 3 is 1.80 bits per heavy atom. The summed E-state index contributed by atoms with van der Waals surface area (Å²) in [6.07, 6.45) is 23.9. The zero-order chi connectivity index (χ0) is 34.6. The van der Waals surface area contributed by atoms with Crippen molar-refractivity contribution in [3.05, 3.63) is 0 Å². The lowest BCUT2D eigenvalue weighted by molar-refractivity contribution is -0.338. The van der Waals surface area contributed by atoms with Gasteiger partial charge in [0.05, 0.1) is 55.9 Å². The number of aliphatic carboxylic acids is 2. The molecule has 0 saturated heterocycles. The number of hydrogen-bond donors (Lipinski definition) is 2. The Hall–Kier alpha value is -2.39. The van der Waals surface area contributed by atoms with Gasteiger partial charge in [0.15, 0.2) is 0 Å². The van der Waals surface area contributed by atoms with Gasteiger partial charge in [-0.05, 0) is 115 Å². The van der Waals surface area contributed by atoms with Crippen LogP contribution in [-0.4, -0.2) is 78.5 Å². The van der Waals surface area contributed by atoms with Crippen molar-refractivity contribution in [2.75, 3.05) is 19.8 Å². The highest BCUT2D eigenvalue weighted by atomic mass is 17.2. The van der Waals surface area contributed by atoms with Crippen LogP contribution >= 0.6 is 0 Å². The molecule has 276 valence electrons. The van der Waals surface area contributed by atoms with Gasteiger partial charge in [-0.3, -0.25) is 14.4 Å². The van der Waals surface area contributed by atoms with Crippen LogP contribution in [-0.2, 0) is 43.1 Å². The minimum absolute atomic E-state index is 0.00402. The Labute approximate surface area is 291 Å². The van der Waals surface area contributed by atoms with Crippen LogP contribution in [0.1, 0.15) is 122 Å². The fourth-order valence-corrected chi connectivity index (χ4v) is 9.24. The zero-order valence-electron chi connectivity index (χ0n) is 29.1. The molecule has 11 heteroatoms. The zero-order valence-corrected chi connectivity index (χ0v) is 29.1. The number of rotatable bonds is 15. The molecular formula is C38H58O11. The molecular weight excluding hydrogens is 632 g/mol. The maximum Gasteiger partial charge on any atom is 0.310 e. The SMILES string of the molecule is C#COC1CCC(C(=O)O)C(C(=O)OC2CCC(C3CCC(OOCC4CC(OCCOC5CCCCC5)CCC4C(=O)O)CC3)CC2)C1. The molecule has 0 aromatic carbocycles. The summed E-state index contributed by atoms with van der Waals surface area (Å²) in [5, 5.41) is 19.5. The smallest absolute Gasteiger partial charge is 0.310 e. The van der Waals surface area contributed by atoms with Gasteiger partial charge in [-0.25, -0.2) is 9.78 Å². The predicted molar refractivity (Wildman–Crippen MR) is 178 cm³/mol. The number of esters is 1. The summed E-state index contributed by atoms with van der Waals surface area (Å²) >= 11 is 0. The van der Waals surface area contributed by atoms with Crippen molar-refractivity contribution in [3.63, 3.8) is 0 Å². The topological polar surface area (TPSA) is 147 Å². The molecule has 0 bridgehead atoms. The molecule has 0 aromatic heterocycles. The van der Waals surface area contributed by atoms with Crippen molar-refractivity contribution in [2.24, 2.45) is 35.5 Å². The summed E-state index contributed by atoms with van der Waals surface area (Å²) < 4.78 is 23.2. The van der Waals surface area contributed by atoms with Gasteiger partial charge in [-0.15, -0.1) is 0 Å². The molecule has 5 aliphatic rings. The quantitative estimate of drug-likeness (QED) is 0.0655. The monoisotopic (exact) mass is 690 g/mol. The second-order valence-corrected chi connectivity index (χ2v) is 15.3. The predicted octanol–water partition coefficient (Wildman–Crippen LogP) is 6.31. The normalized spacial score (nSPS) is 35.9. The first-order valence-electron chi connectivity index (χ1n) is 19.1. The third kappa shape index (κ3) is 11.3. The van der Waals surface area contributed by atoms with Crippen molar-refractivity contribution in [1.82, 2.24) is 0 Å². The Balaban J connectivity index is 0.965. The van der Waals surface area contributed by atoms with Crippen LogP contribution in [0.4, 0.5) is 0 Å². The summed E-state index contributed by atoms with van der Waals surface area (Å²) in [6.45, 7) is 1.38. The molecule has 0 heterocycles. The van der Waals surface area contributed by atoms with Gasteiger partial charge >= 0.3 is 17.9 Å². The number of carbonyl (C=O) groups excluding carboxylic acids is 1. The Morgan fingerprint density at radius 2 is 1.16 bits per heavy atom. The summed E-state index contributed by atoms with van der Waals surface area (Å²) in [5.74, 6) is -3.15. The van der Waals surface area contributed by atoms with E-state index in [1.165, 1.54) is 19.3 Å². The first-order chi connectivity index (χ1) is 23.8. The molecule has 5 rings (SSSR count). The minimum Gasteiger partial charge on any atom is -0.481 e. The van der Waals surface area contributed by atoms with Gasteiger partial charge in [0, 0.05) is 5.92 Å². The molecule has 0 radical (unpaired) electrons. The molecule has 5 fully saturated rings. The lowest BCUT2D eigenvalue weighted by Crippen LogP contribution is -2.40. The van der Waals surface area contributed by atoms with Gasteiger partial charge in [0.1, 0.15) is 18.3 Å². The van der Waals surface area contributed by atoms with E-state index in [0.29, 0.717) is 56.8 Å². The third-order valence-electron chi connectivity index (χ3n) is 12.1. The Bertz CT molecular complexity index is 1080.